The van der Waals surface area contributed by atoms with Gasteiger partial charge in [0.05, 0.1) is 19.8 Å². The average Bonchev–Trinajstić information content (AvgIpc) is 2.45. The lowest BCUT2D eigenvalue weighted by atomic mass is 10.1. The minimum atomic E-state index is -0.753. The lowest BCUT2D eigenvalue weighted by molar-refractivity contribution is -0.140. The molecule has 1 heterocycles. The second-order valence-electron chi connectivity index (χ2n) is 4.47. The quantitative estimate of drug-likeness (QED) is 0.628. The van der Waals surface area contributed by atoms with Crippen LogP contribution in [0.5, 0.6) is 0 Å². The van der Waals surface area contributed by atoms with Gasteiger partial charge in [0.15, 0.2) is 0 Å². The van der Waals surface area contributed by atoms with E-state index in [1.807, 2.05) is 6.92 Å². The van der Waals surface area contributed by atoms with E-state index < -0.39 is 12.1 Å². The molecule has 1 saturated heterocycles. The Bertz CT molecular complexity index is 305. The lowest BCUT2D eigenvalue weighted by Gasteiger charge is -2.30. The van der Waals surface area contributed by atoms with Crippen molar-refractivity contribution in [3.05, 3.63) is 0 Å². The molecule has 0 aromatic heterocycles. The maximum Gasteiger partial charge on any atom is 0.245 e. The Balaban J connectivity index is 2.51. The van der Waals surface area contributed by atoms with Crippen LogP contribution in [0.3, 0.4) is 0 Å². The zero-order valence-electron chi connectivity index (χ0n) is 11.6. The number of morpholine rings is 1. The van der Waals surface area contributed by atoms with Crippen molar-refractivity contribution in [3.63, 3.8) is 0 Å². The van der Waals surface area contributed by atoms with Gasteiger partial charge in [0.2, 0.25) is 11.8 Å². The van der Waals surface area contributed by atoms with Crippen molar-refractivity contribution in [2.45, 2.75) is 25.4 Å². The molecule has 1 fully saturated rings. The minimum absolute atomic E-state index is 0.0798. The summed E-state index contributed by atoms with van der Waals surface area (Å²) in [5.41, 5.74) is 5.63. The third-order valence-corrected chi connectivity index (χ3v) is 3.03. The van der Waals surface area contributed by atoms with E-state index in [-0.39, 0.29) is 18.4 Å². The van der Waals surface area contributed by atoms with E-state index in [9.17, 15) is 9.59 Å². The van der Waals surface area contributed by atoms with Gasteiger partial charge in [-0.2, -0.15) is 0 Å². The number of carbonyl (C=O) groups is 2. The first kappa shape index (κ1) is 15.9. The summed E-state index contributed by atoms with van der Waals surface area (Å²) in [5.74, 6) is -0.445. The fourth-order valence-corrected chi connectivity index (χ4v) is 1.88. The Morgan fingerprint density at radius 3 is 2.58 bits per heavy atom. The second-order valence-corrected chi connectivity index (χ2v) is 4.47. The van der Waals surface area contributed by atoms with Crippen LogP contribution in [0.2, 0.25) is 0 Å². The molecule has 110 valence electrons. The fourth-order valence-electron chi connectivity index (χ4n) is 1.88. The molecule has 3 N–H and O–H groups in total. The maximum absolute atomic E-state index is 12.2. The molecule has 0 bridgehead atoms. The summed E-state index contributed by atoms with van der Waals surface area (Å²) >= 11 is 0. The highest BCUT2D eigenvalue weighted by Crippen LogP contribution is 2.03. The molecule has 2 amide bonds. The van der Waals surface area contributed by atoms with Crippen molar-refractivity contribution in [1.29, 1.82) is 0 Å². The molecule has 0 saturated carbocycles. The van der Waals surface area contributed by atoms with E-state index in [2.05, 4.69) is 5.32 Å². The van der Waals surface area contributed by atoms with E-state index >= 15 is 0 Å². The number of nitrogens with two attached hydrogens (primary N) is 1. The summed E-state index contributed by atoms with van der Waals surface area (Å²) in [6.07, 6.45) is 0.529. The van der Waals surface area contributed by atoms with Crippen molar-refractivity contribution >= 4 is 11.8 Å². The summed E-state index contributed by atoms with van der Waals surface area (Å²) in [6, 6.07) is -1.29. The molecular formula is C12H23N3O4. The van der Waals surface area contributed by atoms with Gasteiger partial charge in [0, 0.05) is 20.2 Å². The van der Waals surface area contributed by atoms with Gasteiger partial charge in [-0.3, -0.25) is 9.59 Å². The Labute approximate surface area is 113 Å². The lowest BCUT2D eigenvalue weighted by Crippen LogP contribution is -2.55. The van der Waals surface area contributed by atoms with Gasteiger partial charge in [-0.1, -0.05) is 6.92 Å². The molecule has 0 aliphatic carbocycles. The van der Waals surface area contributed by atoms with Crippen molar-refractivity contribution in [2.75, 3.05) is 40.0 Å². The van der Waals surface area contributed by atoms with Crippen molar-refractivity contribution in [3.8, 4) is 0 Å². The van der Waals surface area contributed by atoms with Crippen LogP contribution in [-0.4, -0.2) is 68.8 Å². The third kappa shape index (κ3) is 4.77. The van der Waals surface area contributed by atoms with E-state index in [0.717, 1.165) is 0 Å². The Kier molecular flexibility index (Phi) is 6.75. The highest BCUT2D eigenvalue weighted by atomic mass is 16.5. The van der Waals surface area contributed by atoms with E-state index in [1.54, 1.807) is 4.90 Å². The summed E-state index contributed by atoms with van der Waals surface area (Å²) in [7, 11) is 1.48. The van der Waals surface area contributed by atoms with E-state index in [4.69, 9.17) is 15.2 Å². The van der Waals surface area contributed by atoms with Crippen LogP contribution in [0.15, 0.2) is 0 Å². The van der Waals surface area contributed by atoms with Crippen molar-refractivity contribution in [1.82, 2.24) is 10.2 Å². The Hall–Kier alpha value is -1.18. The van der Waals surface area contributed by atoms with Crippen LogP contribution in [0.4, 0.5) is 0 Å². The monoisotopic (exact) mass is 273 g/mol. The number of ether oxygens (including phenoxy) is 2. The van der Waals surface area contributed by atoms with Crippen LogP contribution in [0.25, 0.3) is 0 Å². The average molecular weight is 273 g/mol. The molecule has 0 radical (unpaired) electrons. The molecule has 1 rings (SSSR count). The molecule has 7 heteroatoms. The van der Waals surface area contributed by atoms with Crippen LogP contribution in [0.1, 0.15) is 13.3 Å². The van der Waals surface area contributed by atoms with Crippen LogP contribution in [0, 0.1) is 0 Å². The van der Waals surface area contributed by atoms with Gasteiger partial charge in [-0.05, 0) is 6.42 Å². The molecule has 0 aromatic carbocycles. The van der Waals surface area contributed by atoms with Gasteiger partial charge < -0.3 is 25.4 Å². The van der Waals surface area contributed by atoms with Crippen LogP contribution >= 0.6 is 0 Å². The molecule has 7 nitrogen and oxygen atoms in total. The number of nitrogens with one attached hydrogen (secondary N) is 1. The zero-order valence-corrected chi connectivity index (χ0v) is 11.6. The number of nitrogens with zero attached hydrogens (tertiary/aromatic N) is 1. The SMILES string of the molecule is CCC(NC(=O)C(N)COC)C(=O)N1CCOCC1. The van der Waals surface area contributed by atoms with Gasteiger partial charge in [-0.15, -0.1) is 0 Å². The summed E-state index contributed by atoms with van der Waals surface area (Å²) < 4.78 is 10.0. The smallest absolute Gasteiger partial charge is 0.245 e. The van der Waals surface area contributed by atoms with Gasteiger partial charge in [0.1, 0.15) is 12.1 Å². The minimum Gasteiger partial charge on any atom is -0.383 e. The number of amides is 2. The molecule has 2 atom stereocenters. The third-order valence-electron chi connectivity index (χ3n) is 3.03. The summed E-state index contributed by atoms with van der Waals surface area (Å²) in [6.45, 7) is 4.20. The predicted molar refractivity (Wildman–Crippen MR) is 69.5 cm³/mol. The first-order chi connectivity index (χ1) is 9.10. The Morgan fingerprint density at radius 1 is 1.42 bits per heavy atom. The number of methoxy groups -OCH3 is 1. The zero-order chi connectivity index (χ0) is 14.3. The van der Waals surface area contributed by atoms with Gasteiger partial charge in [0.25, 0.3) is 0 Å². The first-order valence-corrected chi connectivity index (χ1v) is 6.51. The maximum atomic E-state index is 12.2. The van der Waals surface area contributed by atoms with Gasteiger partial charge >= 0.3 is 0 Å². The standard InChI is InChI=1S/C12H23N3O4/c1-3-10(14-11(16)9(13)8-18-2)12(17)15-4-6-19-7-5-15/h9-10H,3-8,13H2,1-2H3,(H,14,16). The number of hydrogen-bond donors (Lipinski definition) is 2. The van der Waals surface area contributed by atoms with Gasteiger partial charge in [-0.25, -0.2) is 0 Å². The van der Waals surface area contributed by atoms with Crippen LogP contribution in [-0.2, 0) is 19.1 Å². The first-order valence-electron chi connectivity index (χ1n) is 6.51. The molecular weight excluding hydrogens is 250 g/mol. The van der Waals surface area contributed by atoms with Crippen LogP contribution < -0.4 is 11.1 Å². The molecule has 0 aromatic rings. The highest BCUT2D eigenvalue weighted by Gasteiger charge is 2.27. The highest BCUT2D eigenvalue weighted by molar-refractivity contribution is 5.89. The molecule has 19 heavy (non-hydrogen) atoms. The summed E-state index contributed by atoms with van der Waals surface area (Å²) in [4.78, 5) is 25.7. The largest absolute Gasteiger partial charge is 0.383 e. The number of rotatable bonds is 6. The predicted octanol–water partition coefficient (Wildman–Crippen LogP) is -1.29. The second kappa shape index (κ2) is 8.08. The fraction of sp³-hybridized carbons (Fsp3) is 0.833. The van der Waals surface area contributed by atoms with E-state index in [0.29, 0.717) is 32.7 Å². The number of hydrogen-bond acceptors (Lipinski definition) is 5. The number of carbonyl (C=O) groups excluding carboxylic acids is 2. The molecule has 0 spiro atoms. The van der Waals surface area contributed by atoms with Crippen molar-refractivity contribution in [2.24, 2.45) is 5.73 Å². The molecule has 1 aliphatic rings. The Morgan fingerprint density at radius 2 is 2.05 bits per heavy atom. The normalized spacial score (nSPS) is 18.8. The molecule has 2 unspecified atom stereocenters. The molecule has 1 aliphatic heterocycles. The summed E-state index contributed by atoms with van der Waals surface area (Å²) in [5, 5.41) is 2.67. The topological polar surface area (TPSA) is 93.9 Å². The van der Waals surface area contributed by atoms with Crippen molar-refractivity contribution < 1.29 is 19.1 Å². The van der Waals surface area contributed by atoms with E-state index in [1.165, 1.54) is 7.11 Å².